The zero-order valence-electron chi connectivity index (χ0n) is 11.5. The van der Waals surface area contributed by atoms with Gasteiger partial charge in [0.05, 0.1) is 6.20 Å². The van der Waals surface area contributed by atoms with E-state index in [1.165, 1.54) is 6.07 Å². The number of nitrogens with zero attached hydrogens (tertiary/aromatic N) is 1. The Kier molecular flexibility index (Phi) is 5.54. The molecular weight excluding hydrogens is 249 g/mol. The van der Waals surface area contributed by atoms with Crippen LogP contribution in [0, 0.1) is 5.82 Å². The quantitative estimate of drug-likeness (QED) is 0.806. The summed E-state index contributed by atoms with van der Waals surface area (Å²) in [4.78, 5) is 15.2. The number of aromatic nitrogens is 1. The van der Waals surface area contributed by atoms with Gasteiger partial charge in [-0.25, -0.2) is 14.2 Å². The normalized spacial score (nSPS) is 10.9. The van der Waals surface area contributed by atoms with E-state index >= 15 is 0 Å². The van der Waals surface area contributed by atoms with Gasteiger partial charge in [0.1, 0.15) is 17.2 Å². The van der Waals surface area contributed by atoms with Gasteiger partial charge < -0.3 is 15.4 Å². The standard InChI is InChI=1S/C13H20FN3O2/c1-13(2,3)19-12(18)16-8-4-7-15-11-6-5-10(14)9-17-11/h5-6,9H,4,7-8H2,1-3H3,(H,15,17)(H,16,18). The summed E-state index contributed by atoms with van der Waals surface area (Å²) in [7, 11) is 0. The average molecular weight is 269 g/mol. The van der Waals surface area contributed by atoms with Crippen molar-refractivity contribution in [1.82, 2.24) is 10.3 Å². The Morgan fingerprint density at radius 2 is 2.11 bits per heavy atom. The Hall–Kier alpha value is -1.85. The first kappa shape index (κ1) is 15.2. The van der Waals surface area contributed by atoms with Crippen LogP contribution < -0.4 is 10.6 Å². The Balaban J connectivity index is 2.11. The van der Waals surface area contributed by atoms with Crippen molar-refractivity contribution in [3.63, 3.8) is 0 Å². The van der Waals surface area contributed by atoms with Crippen LogP contribution in [0.4, 0.5) is 15.0 Å². The first-order chi connectivity index (χ1) is 8.87. The highest BCUT2D eigenvalue weighted by atomic mass is 19.1. The number of alkyl carbamates (subject to hydrolysis) is 1. The lowest BCUT2D eigenvalue weighted by molar-refractivity contribution is 0.0528. The van der Waals surface area contributed by atoms with Crippen molar-refractivity contribution in [2.75, 3.05) is 18.4 Å². The molecule has 6 heteroatoms. The van der Waals surface area contributed by atoms with Gasteiger partial charge in [-0.1, -0.05) is 0 Å². The summed E-state index contributed by atoms with van der Waals surface area (Å²) in [6.45, 7) is 6.58. The number of nitrogens with one attached hydrogen (secondary N) is 2. The molecule has 1 aromatic heterocycles. The van der Waals surface area contributed by atoms with Gasteiger partial charge in [-0.3, -0.25) is 0 Å². The van der Waals surface area contributed by atoms with E-state index in [2.05, 4.69) is 15.6 Å². The SMILES string of the molecule is CC(C)(C)OC(=O)NCCCNc1ccc(F)cn1. The van der Waals surface area contributed by atoms with E-state index in [1.54, 1.807) is 6.07 Å². The van der Waals surface area contributed by atoms with E-state index in [0.717, 1.165) is 12.6 Å². The van der Waals surface area contributed by atoms with Gasteiger partial charge in [0.25, 0.3) is 0 Å². The fourth-order valence-corrected chi connectivity index (χ4v) is 1.29. The second kappa shape index (κ2) is 6.92. The highest BCUT2D eigenvalue weighted by molar-refractivity contribution is 5.67. The molecule has 1 aromatic rings. The lowest BCUT2D eigenvalue weighted by Crippen LogP contribution is -2.33. The van der Waals surface area contributed by atoms with Gasteiger partial charge in [0.2, 0.25) is 0 Å². The van der Waals surface area contributed by atoms with Gasteiger partial charge in [-0.05, 0) is 39.3 Å². The Morgan fingerprint density at radius 3 is 2.68 bits per heavy atom. The zero-order valence-corrected chi connectivity index (χ0v) is 11.5. The second-order valence-corrected chi connectivity index (χ2v) is 5.07. The van der Waals surface area contributed by atoms with Crippen LogP contribution in [0.2, 0.25) is 0 Å². The van der Waals surface area contributed by atoms with Crippen molar-refractivity contribution in [3.8, 4) is 0 Å². The third-order valence-electron chi connectivity index (χ3n) is 2.06. The molecule has 2 N–H and O–H groups in total. The van der Waals surface area contributed by atoms with E-state index in [4.69, 9.17) is 4.74 Å². The highest BCUT2D eigenvalue weighted by Crippen LogP contribution is 2.06. The fraction of sp³-hybridized carbons (Fsp3) is 0.538. The first-order valence-electron chi connectivity index (χ1n) is 6.19. The van der Waals surface area contributed by atoms with E-state index in [-0.39, 0.29) is 5.82 Å². The molecule has 1 rings (SSSR count). The van der Waals surface area contributed by atoms with Crippen LogP contribution in [-0.2, 0) is 4.74 Å². The molecule has 0 aromatic carbocycles. The molecule has 0 aliphatic heterocycles. The van der Waals surface area contributed by atoms with Crippen LogP contribution in [0.1, 0.15) is 27.2 Å². The lowest BCUT2D eigenvalue weighted by Gasteiger charge is -2.19. The number of hydrogen-bond acceptors (Lipinski definition) is 4. The van der Waals surface area contributed by atoms with Crippen LogP contribution in [0.3, 0.4) is 0 Å². The van der Waals surface area contributed by atoms with Gasteiger partial charge in [0, 0.05) is 13.1 Å². The Labute approximate surface area is 112 Å². The largest absolute Gasteiger partial charge is 0.444 e. The highest BCUT2D eigenvalue weighted by Gasteiger charge is 2.15. The number of amides is 1. The number of hydrogen-bond donors (Lipinski definition) is 2. The number of carbonyl (C=O) groups excluding carboxylic acids is 1. The van der Waals surface area contributed by atoms with Crippen LogP contribution in [0.5, 0.6) is 0 Å². The molecule has 0 aliphatic carbocycles. The Morgan fingerprint density at radius 1 is 1.37 bits per heavy atom. The molecule has 0 unspecified atom stereocenters. The molecule has 1 heterocycles. The smallest absolute Gasteiger partial charge is 0.407 e. The summed E-state index contributed by atoms with van der Waals surface area (Å²) < 4.78 is 17.7. The maximum Gasteiger partial charge on any atom is 0.407 e. The fourth-order valence-electron chi connectivity index (χ4n) is 1.29. The van der Waals surface area contributed by atoms with Gasteiger partial charge >= 0.3 is 6.09 Å². The van der Waals surface area contributed by atoms with Crippen molar-refractivity contribution < 1.29 is 13.9 Å². The van der Waals surface area contributed by atoms with Crippen molar-refractivity contribution >= 4 is 11.9 Å². The number of carbonyl (C=O) groups is 1. The number of ether oxygens (including phenoxy) is 1. The lowest BCUT2D eigenvalue weighted by atomic mass is 10.2. The van der Waals surface area contributed by atoms with E-state index in [0.29, 0.717) is 18.9 Å². The van der Waals surface area contributed by atoms with E-state index in [1.807, 2.05) is 20.8 Å². The summed E-state index contributed by atoms with van der Waals surface area (Å²) in [6, 6.07) is 2.91. The molecular formula is C13H20FN3O2. The molecule has 0 atom stereocenters. The molecule has 0 spiro atoms. The summed E-state index contributed by atoms with van der Waals surface area (Å²) in [5, 5.41) is 5.68. The average Bonchev–Trinajstić information content (AvgIpc) is 2.29. The predicted molar refractivity (Wildman–Crippen MR) is 71.5 cm³/mol. The predicted octanol–water partition coefficient (Wildman–Crippen LogP) is 2.55. The summed E-state index contributed by atoms with van der Waals surface area (Å²) in [5.41, 5.74) is -0.486. The number of halogens is 1. The molecule has 5 nitrogen and oxygen atoms in total. The van der Waals surface area contributed by atoms with Gasteiger partial charge in [0.15, 0.2) is 0 Å². The summed E-state index contributed by atoms with van der Waals surface area (Å²) in [6.07, 6.45) is 1.45. The first-order valence-corrected chi connectivity index (χ1v) is 6.19. The molecule has 0 aliphatic rings. The summed E-state index contributed by atoms with van der Waals surface area (Å²) in [5.74, 6) is 0.246. The van der Waals surface area contributed by atoms with E-state index in [9.17, 15) is 9.18 Å². The number of anilines is 1. The van der Waals surface area contributed by atoms with Crippen LogP contribution >= 0.6 is 0 Å². The molecule has 0 radical (unpaired) electrons. The maximum absolute atomic E-state index is 12.6. The molecule has 1 amide bonds. The van der Waals surface area contributed by atoms with Crippen molar-refractivity contribution in [3.05, 3.63) is 24.1 Å². The van der Waals surface area contributed by atoms with Crippen LogP contribution in [0.15, 0.2) is 18.3 Å². The minimum absolute atomic E-state index is 0.364. The monoisotopic (exact) mass is 269 g/mol. The van der Waals surface area contributed by atoms with Crippen LogP contribution in [-0.4, -0.2) is 29.8 Å². The minimum atomic E-state index is -0.486. The van der Waals surface area contributed by atoms with Crippen molar-refractivity contribution in [2.45, 2.75) is 32.8 Å². The Bertz CT molecular complexity index is 401. The van der Waals surface area contributed by atoms with Crippen molar-refractivity contribution in [2.24, 2.45) is 0 Å². The zero-order chi connectivity index (χ0) is 14.3. The molecule has 0 bridgehead atoms. The van der Waals surface area contributed by atoms with Crippen LogP contribution in [0.25, 0.3) is 0 Å². The van der Waals surface area contributed by atoms with E-state index < -0.39 is 11.7 Å². The van der Waals surface area contributed by atoms with Crippen molar-refractivity contribution in [1.29, 1.82) is 0 Å². The number of pyridine rings is 1. The van der Waals surface area contributed by atoms with Gasteiger partial charge in [-0.15, -0.1) is 0 Å². The third-order valence-corrected chi connectivity index (χ3v) is 2.06. The van der Waals surface area contributed by atoms with Gasteiger partial charge in [-0.2, -0.15) is 0 Å². The molecule has 0 fully saturated rings. The molecule has 0 saturated heterocycles. The molecule has 0 saturated carbocycles. The molecule has 19 heavy (non-hydrogen) atoms. The summed E-state index contributed by atoms with van der Waals surface area (Å²) >= 11 is 0. The second-order valence-electron chi connectivity index (χ2n) is 5.07. The molecule has 106 valence electrons. The topological polar surface area (TPSA) is 63.2 Å². The maximum atomic E-state index is 12.6. The third kappa shape index (κ3) is 7.23. The minimum Gasteiger partial charge on any atom is -0.444 e. The number of rotatable bonds is 5.